The molecule has 5 heteroatoms. The first-order valence-electron chi connectivity index (χ1n) is 18.3. The Morgan fingerprint density at radius 1 is 0.756 bits per heavy atom. The molecule has 7 unspecified atom stereocenters. The van der Waals surface area contributed by atoms with E-state index in [2.05, 4.69) is 23.3 Å². The highest BCUT2D eigenvalue weighted by Crippen LogP contribution is 2.67. The van der Waals surface area contributed by atoms with Gasteiger partial charge in [0.15, 0.2) is 0 Å². The van der Waals surface area contributed by atoms with Crippen molar-refractivity contribution >= 4 is 18.0 Å². The van der Waals surface area contributed by atoms with Crippen molar-refractivity contribution in [2.75, 3.05) is 13.2 Å². The Balaban J connectivity index is 0.000000969. The van der Waals surface area contributed by atoms with Gasteiger partial charge in [0.2, 0.25) is 5.91 Å². The van der Waals surface area contributed by atoms with Gasteiger partial charge in [0.05, 0.1) is 0 Å². The summed E-state index contributed by atoms with van der Waals surface area (Å²) in [6, 6.07) is 0.459. The molecule has 4 saturated carbocycles. The number of hydrogen-bond acceptors (Lipinski definition) is 4. The smallest absolute Gasteiger partial charge is 0.230 e. The zero-order valence-corrected chi connectivity index (χ0v) is 30.0. The van der Waals surface area contributed by atoms with E-state index < -0.39 is 0 Å². The summed E-state index contributed by atoms with van der Waals surface area (Å²) in [5, 5.41) is 0. The largest absolute Gasteiger partial charge is 0.381 e. The molecule has 1 amide bonds. The molecule has 0 radical (unpaired) electrons. The minimum absolute atomic E-state index is 0.187. The van der Waals surface area contributed by atoms with Crippen molar-refractivity contribution in [1.29, 1.82) is 0 Å². The Labute approximate surface area is 261 Å². The van der Waals surface area contributed by atoms with Crippen molar-refractivity contribution in [2.24, 2.45) is 40.4 Å². The minimum Gasteiger partial charge on any atom is -0.381 e. The van der Waals surface area contributed by atoms with Gasteiger partial charge in [-0.1, -0.05) is 82.1 Å². The van der Waals surface area contributed by atoms with Crippen molar-refractivity contribution in [2.45, 2.75) is 172 Å². The van der Waals surface area contributed by atoms with E-state index in [0.717, 1.165) is 62.1 Å². The molecule has 0 aromatic carbocycles. The summed E-state index contributed by atoms with van der Waals surface area (Å²) in [6.45, 7) is 23.0. The lowest BCUT2D eigenvalue weighted by Gasteiger charge is -2.60. The number of carbonyl (C=O) groups excluding carboxylic acids is 1. The average Bonchev–Trinajstić information content (AvgIpc) is 3.37. The number of ether oxygens (including phenoxy) is 1. The molecule has 1 aliphatic heterocycles. The van der Waals surface area contributed by atoms with E-state index in [1.54, 1.807) is 0 Å². The minimum atomic E-state index is 0.187. The number of rotatable bonds is 7. The lowest BCUT2D eigenvalue weighted by atomic mass is 9.45. The van der Waals surface area contributed by atoms with E-state index in [4.69, 9.17) is 4.74 Å². The van der Waals surface area contributed by atoms with E-state index >= 15 is 0 Å². The molecule has 1 heterocycles. The van der Waals surface area contributed by atoms with Gasteiger partial charge in [0.1, 0.15) is 0 Å². The van der Waals surface area contributed by atoms with Crippen LogP contribution in [0.1, 0.15) is 166 Å². The predicted octanol–water partition coefficient (Wildman–Crippen LogP) is 10.8. The van der Waals surface area contributed by atoms with Crippen molar-refractivity contribution in [3.63, 3.8) is 0 Å². The predicted molar refractivity (Wildman–Crippen MR) is 182 cm³/mol. The number of amides is 1. The number of nitrogens with one attached hydrogen (secondary N) is 2. The van der Waals surface area contributed by atoms with Crippen LogP contribution >= 0.6 is 12.1 Å². The van der Waals surface area contributed by atoms with Gasteiger partial charge in [-0.3, -0.25) is 9.52 Å². The number of hydrogen-bond donors (Lipinski definition) is 2. The summed E-state index contributed by atoms with van der Waals surface area (Å²) in [6.07, 6.45) is 19.8. The summed E-state index contributed by atoms with van der Waals surface area (Å²) >= 11 is 1.38. The van der Waals surface area contributed by atoms with Crippen LogP contribution in [0.5, 0.6) is 0 Å². The van der Waals surface area contributed by atoms with Crippen LogP contribution < -0.4 is 9.44 Å². The van der Waals surface area contributed by atoms with E-state index in [1.165, 1.54) is 82.8 Å². The molecule has 0 aromatic heterocycles. The lowest BCUT2D eigenvalue weighted by Crippen LogP contribution is -2.52. The van der Waals surface area contributed by atoms with E-state index in [-0.39, 0.29) is 5.91 Å². The van der Waals surface area contributed by atoms with Crippen LogP contribution in [0.3, 0.4) is 0 Å². The van der Waals surface area contributed by atoms with Crippen LogP contribution in [0, 0.1) is 40.4 Å². The SMILES string of the molecule is CC.CC.CC.CC.CC12CCCCC1CCC1C2CCC2(C)C(CCCC(=O)NSNC3CCOCC3)CCC12. The van der Waals surface area contributed by atoms with Crippen LogP contribution in [0.4, 0.5) is 0 Å². The maximum Gasteiger partial charge on any atom is 0.230 e. The van der Waals surface area contributed by atoms with E-state index in [1.807, 2.05) is 55.4 Å². The summed E-state index contributed by atoms with van der Waals surface area (Å²) in [4.78, 5) is 12.4. The molecular formula is C36H72N2O2S. The molecule has 5 aliphatic rings. The number of fused-ring (bicyclic) bond motifs is 5. The molecule has 5 rings (SSSR count). The Hall–Kier alpha value is -0.260. The van der Waals surface area contributed by atoms with Crippen LogP contribution in [0.15, 0.2) is 0 Å². The van der Waals surface area contributed by atoms with Gasteiger partial charge < -0.3 is 4.74 Å². The first-order chi connectivity index (χ1) is 20.0. The summed E-state index contributed by atoms with van der Waals surface area (Å²) < 4.78 is 11.8. The molecule has 2 N–H and O–H groups in total. The zero-order chi connectivity index (χ0) is 30.9. The topological polar surface area (TPSA) is 50.4 Å². The van der Waals surface area contributed by atoms with Gasteiger partial charge in [-0.05, 0) is 117 Å². The molecular weight excluding hydrogens is 524 g/mol. The van der Waals surface area contributed by atoms with Crippen LogP contribution in [-0.4, -0.2) is 25.2 Å². The van der Waals surface area contributed by atoms with Crippen LogP contribution in [0.2, 0.25) is 0 Å². The molecule has 4 nitrogen and oxygen atoms in total. The van der Waals surface area contributed by atoms with Crippen LogP contribution in [-0.2, 0) is 9.53 Å². The van der Waals surface area contributed by atoms with Gasteiger partial charge in [-0.25, -0.2) is 4.72 Å². The molecule has 0 bridgehead atoms. The third-order valence-corrected chi connectivity index (χ3v) is 12.1. The molecule has 7 atom stereocenters. The summed E-state index contributed by atoms with van der Waals surface area (Å²) in [5.74, 6) is 4.98. The van der Waals surface area contributed by atoms with Gasteiger partial charge in [-0.15, -0.1) is 0 Å². The monoisotopic (exact) mass is 597 g/mol. The first kappa shape index (κ1) is 38.8. The maximum atomic E-state index is 12.4. The molecule has 5 fully saturated rings. The fourth-order valence-electron chi connectivity index (χ4n) is 9.42. The lowest BCUT2D eigenvalue weighted by molar-refractivity contribution is -0.119. The zero-order valence-electron chi connectivity index (χ0n) is 29.2. The second kappa shape index (κ2) is 20.7. The molecule has 1 saturated heterocycles. The molecule has 41 heavy (non-hydrogen) atoms. The normalized spacial score (nSPS) is 35.5. The van der Waals surface area contributed by atoms with Gasteiger partial charge in [0, 0.05) is 37.8 Å². The van der Waals surface area contributed by atoms with Gasteiger partial charge in [0.25, 0.3) is 0 Å². The second-order valence-electron chi connectivity index (χ2n) is 12.7. The second-order valence-corrected chi connectivity index (χ2v) is 13.4. The van der Waals surface area contributed by atoms with E-state index in [9.17, 15) is 4.79 Å². The quantitative estimate of drug-likeness (QED) is 0.287. The number of carbonyl (C=O) groups is 1. The van der Waals surface area contributed by atoms with E-state index in [0.29, 0.717) is 23.3 Å². The Bertz CT molecular complexity index is 684. The van der Waals surface area contributed by atoms with Gasteiger partial charge in [-0.2, -0.15) is 0 Å². The summed E-state index contributed by atoms with van der Waals surface area (Å²) in [5.41, 5.74) is 1.18. The third-order valence-electron chi connectivity index (χ3n) is 11.3. The molecule has 0 aromatic rings. The van der Waals surface area contributed by atoms with Crippen molar-refractivity contribution < 1.29 is 9.53 Å². The molecule has 0 spiro atoms. The van der Waals surface area contributed by atoms with Crippen LogP contribution in [0.25, 0.3) is 0 Å². The highest BCUT2D eigenvalue weighted by atomic mass is 32.2. The fraction of sp³-hybridized carbons (Fsp3) is 0.972. The van der Waals surface area contributed by atoms with Crippen molar-refractivity contribution in [1.82, 2.24) is 9.44 Å². The maximum absolute atomic E-state index is 12.4. The average molecular weight is 597 g/mol. The fourth-order valence-corrected chi connectivity index (χ4v) is 10.1. The van der Waals surface area contributed by atoms with Gasteiger partial charge >= 0.3 is 0 Å². The Kier molecular flexibility index (Phi) is 19.5. The first-order valence-corrected chi connectivity index (χ1v) is 19.1. The Morgan fingerprint density at radius 3 is 2.10 bits per heavy atom. The standard InChI is InChI=1S/C28H48N2O2S.4C2H6/c1-27-16-4-3-6-20(27)9-11-23-24-12-10-21(28(24,2)17-13-25(23)27)7-5-8-26(31)30-33-29-22-14-18-32-19-15-22;4*1-2/h20-25,29H,3-19H2,1-2H3,(H,30,31);4*1-2H3. The molecule has 4 aliphatic carbocycles. The third kappa shape index (κ3) is 9.87. The Morgan fingerprint density at radius 2 is 1.41 bits per heavy atom. The van der Waals surface area contributed by atoms with Crippen molar-refractivity contribution in [3.05, 3.63) is 0 Å². The van der Waals surface area contributed by atoms with Crippen molar-refractivity contribution in [3.8, 4) is 0 Å². The highest BCUT2D eigenvalue weighted by Gasteiger charge is 2.59. The molecule has 244 valence electrons. The summed E-state index contributed by atoms with van der Waals surface area (Å²) in [7, 11) is 0. The highest BCUT2D eigenvalue weighted by molar-refractivity contribution is 7.96.